The molecular formula is C71H138O17P2. The van der Waals surface area contributed by atoms with Gasteiger partial charge in [0.05, 0.1) is 26.4 Å². The predicted molar refractivity (Wildman–Crippen MR) is 363 cm³/mol. The van der Waals surface area contributed by atoms with Gasteiger partial charge in [-0.2, -0.15) is 0 Å². The number of rotatable bonds is 70. The van der Waals surface area contributed by atoms with Crippen LogP contribution in [0.1, 0.15) is 363 Å². The Kier molecular flexibility index (Phi) is 61.8. The van der Waals surface area contributed by atoms with Crippen LogP contribution in [-0.4, -0.2) is 96.7 Å². The molecule has 0 amide bonds. The molecule has 0 fully saturated rings. The van der Waals surface area contributed by atoms with Crippen molar-refractivity contribution >= 4 is 39.5 Å². The van der Waals surface area contributed by atoms with E-state index < -0.39 is 97.5 Å². The zero-order valence-electron chi connectivity index (χ0n) is 58.4. The van der Waals surface area contributed by atoms with Crippen LogP contribution >= 0.6 is 15.6 Å². The lowest BCUT2D eigenvalue weighted by atomic mass is 10.0. The van der Waals surface area contributed by atoms with Gasteiger partial charge in [-0.1, -0.05) is 311 Å². The summed E-state index contributed by atoms with van der Waals surface area (Å²) in [6.07, 6.45) is 48.9. The minimum Gasteiger partial charge on any atom is -0.462 e. The van der Waals surface area contributed by atoms with Crippen molar-refractivity contribution in [3.8, 4) is 0 Å². The van der Waals surface area contributed by atoms with Crippen molar-refractivity contribution < 1.29 is 80.2 Å². The van der Waals surface area contributed by atoms with Crippen molar-refractivity contribution in [1.82, 2.24) is 0 Å². The predicted octanol–water partition coefficient (Wildman–Crippen LogP) is 20.4. The van der Waals surface area contributed by atoms with Gasteiger partial charge in [0.1, 0.15) is 19.3 Å². The molecule has 17 nitrogen and oxygen atoms in total. The number of ether oxygens (including phenoxy) is 4. The fraction of sp³-hybridized carbons (Fsp3) is 0.944. The Balaban J connectivity index is 5.17. The Morgan fingerprint density at radius 2 is 0.511 bits per heavy atom. The van der Waals surface area contributed by atoms with Crippen LogP contribution < -0.4 is 0 Å². The van der Waals surface area contributed by atoms with Gasteiger partial charge in [0, 0.05) is 25.7 Å². The summed E-state index contributed by atoms with van der Waals surface area (Å²) in [5.74, 6) is -0.689. The lowest BCUT2D eigenvalue weighted by Gasteiger charge is -2.21. The van der Waals surface area contributed by atoms with Crippen LogP contribution in [0.4, 0.5) is 0 Å². The highest BCUT2D eigenvalue weighted by atomic mass is 31.2. The van der Waals surface area contributed by atoms with E-state index in [1.54, 1.807) is 0 Å². The monoisotopic (exact) mass is 1320 g/mol. The molecular weight excluding hydrogens is 1190 g/mol. The summed E-state index contributed by atoms with van der Waals surface area (Å²) in [6, 6.07) is 0. The first-order valence-electron chi connectivity index (χ1n) is 37.0. The van der Waals surface area contributed by atoms with Crippen LogP contribution in [0.5, 0.6) is 0 Å². The van der Waals surface area contributed by atoms with Gasteiger partial charge >= 0.3 is 39.5 Å². The van der Waals surface area contributed by atoms with Gasteiger partial charge < -0.3 is 33.8 Å². The molecule has 0 spiro atoms. The molecule has 0 aliphatic heterocycles. The molecule has 0 radical (unpaired) electrons. The van der Waals surface area contributed by atoms with Gasteiger partial charge in [-0.05, 0) is 37.5 Å². The molecule has 2 unspecified atom stereocenters. The summed E-state index contributed by atoms with van der Waals surface area (Å²) >= 11 is 0. The van der Waals surface area contributed by atoms with E-state index >= 15 is 0 Å². The van der Waals surface area contributed by atoms with Crippen molar-refractivity contribution in [1.29, 1.82) is 0 Å². The summed E-state index contributed by atoms with van der Waals surface area (Å²) < 4.78 is 68.2. The first-order valence-corrected chi connectivity index (χ1v) is 40.0. The summed E-state index contributed by atoms with van der Waals surface area (Å²) in [4.78, 5) is 72.4. The number of hydrogen-bond donors (Lipinski definition) is 3. The third-order valence-electron chi connectivity index (χ3n) is 16.5. The SMILES string of the molecule is CCCCCCCCCCCCCCCCCCCCCCC(=O)O[C@H](COC(=O)CCCCCCCCCCCC(C)C)COP(=O)(O)OC[C@@H](O)COP(=O)(O)OC[C@@H](COC(=O)CCCCCCCCCC)OC(=O)CCCCCCCCCC(C)C. The number of phosphoric ester groups is 2. The van der Waals surface area contributed by atoms with E-state index in [4.69, 9.17) is 37.0 Å². The second-order valence-corrected chi connectivity index (χ2v) is 29.5. The first kappa shape index (κ1) is 88.1. The Morgan fingerprint density at radius 1 is 0.300 bits per heavy atom. The number of aliphatic hydroxyl groups excluding tert-OH is 1. The summed E-state index contributed by atoms with van der Waals surface area (Å²) in [5.41, 5.74) is 0. The van der Waals surface area contributed by atoms with Crippen molar-refractivity contribution in [3.05, 3.63) is 0 Å². The Labute approximate surface area is 549 Å². The van der Waals surface area contributed by atoms with E-state index in [2.05, 4.69) is 41.5 Å². The highest BCUT2D eigenvalue weighted by Crippen LogP contribution is 2.45. The summed E-state index contributed by atoms with van der Waals surface area (Å²) in [6.45, 7) is 9.44. The topological polar surface area (TPSA) is 237 Å². The number of esters is 4. The Morgan fingerprint density at radius 3 is 0.756 bits per heavy atom. The minimum absolute atomic E-state index is 0.103. The van der Waals surface area contributed by atoms with Crippen LogP contribution in [0.3, 0.4) is 0 Å². The number of hydrogen-bond acceptors (Lipinski definition) is 15. The Bertz CT molecular complexity index is 1750. The molecule has 0 aliphatic carbocycles. The average molecular weight is 1330 g/mol. The molecule has 0 saturated heterocycles. The molecule has 0 rings (SSSR count). The van der Waals surface area contributed by atoms with Crippen LogP contribution in [0.2, 0.25) is 0 Å². The van der Waals surface area contributed by atoms with E-state index in [1.807, 2.05) is 0 Å². The molecule has 3 N–H and O–H groups in total. The van der Waals surface area contributed by atoms with E-state index in [0.717, 1.165) is 102 Å². The first-order chi connectivity index (χ1) is 43.4. The van der Waals surface area contributed by atoms with E-state index in [0.29, 0.717) is 31.6 Å². The fourth-order valence-electron chi connectivity index (χ4n) is 10.8. The van der Waals surface area contributed by atoms with E-state index in [1.165, 1.54) is 173 Å². The van der Waals surface area contributed by atoms with Crippen LogP contribution in [-0.2, 0) is 65.4 Å². The molecule has 0 aromatic heterocycles. The fourth-order valence-corrected chi connectivity index (χ4v) is 12.3. The lowest BCUT2D eigenvalue weighted by molar-refractivity contribution is -0.161. The number of aliphatic hydroxyl groups is 1. The molecule has 0 aromatic carbocycles. The maximum absolute atomic E-state index is 13.0. The van der Waals surface area contributed by atoms with Crippen molar-refractivity contribution in [3.63, 3.8) is 0 Å². The number of carbonyl (C=O) groups is 4. The second kappa shape index (κ2) is 63.1. The van der Waals surface area contributed by atoms with Gasteiger partial charge in [0.2, 0.25) is 0 Å². The maximum atomic E-state index is 13.0. The van der Waals surface area contributed by atoms with E-state index in [-0.39, 0.29) is 25.7 Å². The van der Waals surface area contributed by atoms with Gasteiger partial charge in [0.15, 0.2) is 12.2 Å². The molecule has 5 atom stereocenters. The molecule has 0 aromatic rings. The lowest BCUT2D eigenvalue weighted by Crippen LogP contribution is -2.30. The normalized spacial score (nSPS) is 14.1. The smallest absolute Gasteiger partial charge is 0.462 e. The zero-order chi connectivity index (χ0) is 66.5. The molecule has 19 heteroatoms. The largest absolute Gasteiger partial charge is 0.472 e. The standard InChI is InChI=1S/C71H138O17P2/c1-7-9-11-13-15-17-18-19-20-21-22-23-24-25-26-27-30-37-43-49-55-70(75)87-66(60-82-69(74)54-48-42-36-31-28-29-33-39-45-51-63(3)4)61-85-89(77,78)83-57-65(72)58-84-90(79,80)86-62-67(59-81-68(73)53-47-41-35-16-14-12-10-8-2)88-71(76)56-50-44-38-32-34-40-46-52-64(5)6/h63-67,72H,7-62H2,1-6H3,(H,77,78)(H,79,80)/t65-,66-,67-/m1/s1. The number of phosphoric acid groups is 2. The minimum atomic E-state index is -4.95. The van der Waals surface area contributed by atoms with Crippen LogP contribution in [0.25, 0.3) is 0 Å². The molecule has 0 heterocycles. The van der Waals surface area contributed by atoms with Crippen molar-refractivity contribution in [2.45, 2.75) is 381 Å². The second-order valence-electron chi connectivity index (χ2n) is 26.6. The van der Waals surface area contributed by atoms with Crippen LogP contribution in [0, 0.1) is 11.8 Å². The highest BCUT2D eigenvalue weighted by molar-refractivity contribution is 7.47. The third-order valence-corrected chi connectivity index (χ3v) is 18.4. The van der Waals surface area contributed by atoms with Gasteiger partial charge in [-0.3, -0.25) is 37.3 Å². The zero-order valence-corrected chi connectivity index (χ0v) is 60.2. The van der Waals surface area contributed by atoms with Crippen molar-refractivity contribution in [2.75, 3.05) is 39.6 Å². The molecule has 0 aliphatic rings. The van der Waals surface area contributed by atoms with Crippen molar-refractivity contribution in [2.24, 2.45) is 11.8 Å². The van der Waals surface area contributed by atoms with E-state index in [9.17, 15) is 43.2 Å². The molecule has 534 valence electrons. The van der Waals surface area contributed by atoms with Crippen LogP contribution in [0.15, 0.2) is 0 Å². The average Bonchev–Trinajstić information content (AvgIpc) is 3.60. The summed E-state index contributed by atoms with van der Waals surface area (Å²) in [7, 11) is -9.90. The summed E-state index contributed by atoms with van der Waals surface area (Å²) in [5, 5.41) is 10.6. The third kappa shape index (κ3) is 64.8. The quantitative estimate of drug-likeness (QED) is 0.0222. The Hall–Kier alpha value is -1.94. The maximum Gasteiger partial charge on any atom is 0.472 e. The van der Waals surface area contributed by atoms with Gasteiger partial charge in [0.25, 0.3) is 0 Å². The number of unbranched alkanes of at least 4 members (excludes halogenated alkanes) is 40. The number of carbonyl (C=O) groups excluding carboxylic acids is 4. The molecule has 0 bridgehead atoms. The highest BCUT2D eigenvalue weighted by Gasteiger charge is 2.30. The molecule has 0 saturated carbocycles. The van der Waals surface area contributed by atoms with Gasteiger partial charge in [-0.25, -0.2) is 9.13 Å². The molecule has 90 heavy (non-hydrogen) atoms. The van der Waals surface area contributed by atoms with Gasteiger partial charge in [-0.15, -0.1) is 0 Å².